The molecule has 24 heavy (non-hydrogen) atoms. The molecule has 0 aromatic carbocycles. The van der Waals surface area contributed by atoms with E-state index in [1.165, 1.54) is 56.8 Å². The Labute approximate surface area is 144 Å². The number of rotatable bonds is 3. The quantitative estimate of drug-likeness (QED) is 0.863. The van der Waals surface area contributed by atoms with Gasteiger partial charge in [0.15, 0.2) is 0 Å². The molecule has 4 rings (SSSR count). The van der Waals surface area contributed by atoms with E-state index < -0.39 is 0 Å². The molecule has 130 valence electrons. The van der Waals surface area contributed by atoms with Crippen LogP contribution in [0.4, 0.5) is 5.69 Å². The van der Waals surface area contributed by atoms with Crippen molar-refractivity contribution in [2.75, 3.05) is 57.8 Å². The summed E-state index contributed by atoms with van der Waals surface area (Å²) in [6, 6.07) is 2.19. The largest absolute Gasteiger partial charge is 0.368 e. The zero-order valence-electron chi connectivity index (χ0n) is 15.0. The lowest BCUT2D eigenvalue weighted by Gasteiger charge is -2.39. The second-order valence-electron chi connectivity index (χ2n) is 7.57. The summed E-state index contributed by atoms with van der Waals surface area (Å²) in [5.41, 5.74) is 3.73. The fraction of sp³-hybridized carbons (Fsp3) is 0.632. The highest BCUT2D eigenvalue weighted by molar-refractivity contribution is 5.58. The number of piperazine rings is 1. The molecule has 0 atom stereocenters. The average Bonchev–Trinajstić information content (AvgIpc) is 3.04. The second-order valence-corrected chi connectivity index (χ2v) is 7.57. The monoisotopic (exact) mass is 327 g/mol. The Morgan fingerprint density at radius 3 is 2.58 bits per heavy atom. The molecule has 0 radical (unpaired) electrons. The van der Waals surface area contributed by atoms with Gasteiger partial charge in [0.2, 0.25) is 0 Å². The third kappa shape index (κ3) is 3.28. The van der Waals surface area contributed by atoms with E-state index in [-0.39, 0.29) is 0 Å². The molecular weight excluding hydrogens is 298 g/mol. The first kappa shape index (κ1) is 15.9. The molecule has 2 aliphatic heterocycles. The second kappa shape index (κ2) is 6.73. The molecule has 4 heterocycles. The van der Waals surface area contributed by atoms with Crippen molar-refractivity contribution < 1.29 is 0 Å². The van der Waals surface area contributed by atoms with E-state index in [9.17, 15) is 0 Å². The standard InChI is InChI=1S/C19H29N5/c1-16-13-19-20-5-8-24(19)15-18(16)23-11-9-22(10-12-23)14-17-3-6-21(2)7-4-17/h5,8,13,15,17H,3-4,6-7,9-12,14H2,1-2H3. The summed E-state index contributed by atoms with van der Waals surface area (Å²) in [4.78, 5) is 12.1. The predicted octanol–water partition coefficient (Wildman–Crippen LogP) is 2.11. The van der Waals surface area contributed by atoms with E-state index >= 15 is 0 Å². The molecule has 0 bridgehead atoms. The molecule has 5 heteroatoms. The Morgan fingerprint density at radius 1 is 1.08 bits per heavy atom. The van der Waals surface area contributed by atoms with Crippen LogP contribution in [0.25, 0.3) is 5.65 Å². The van der Waals surface area contributed by atoms with Gasteiger partial charge in [-0.25, -0.2) is 4.98 Å². The highest BCUT2D eigenvalue weighted by Gasteiger charge is 2.23. The summed E-state index contributed by atoms with van der Waals surface area (Å²) >= 11 is 0. The minimum atomic E-state index is 0.900. The Hall–Kier alpha value is -1.59. The molecule has 2 saturated heterocycles. The SMILES string of the molecule is Cc1cc2nccn2cc1N1CCN(CC2CCN(C)CC2)CC1. The molecule has 0 amide bonds. The fourth-order valence-corrected chi connectivity index (χ4v) is 4.16. The van der Waals surface area contributed by atoms with Crippen molar-refractivity contribution in [1.29, 1.82) is 0 Å². The molecule has 2 aliphatic rings. The average molecular weight is 327 g/mol. The number of nitrogens with zero attached hydrogens (tertiary/aromatic N) is 5. The Kier molecular flexibility index (Phi) is 4.46. The first-order chi connectivity index (χ1) is 11.7. The number of aromatic nitrogens is 2. The maximum absolute atomic E-state index is 4.38. The smallest absolute Gasteiger partial charge is 0.137 e. The Balaban J connectivity index is 1.36. The summed E-state index contributed by atoms with van der Waals surface area (Å²) < 4.78 is 2.13. The van der Waals surface area contributed by atoms with E-state index in [1.807, 2.05) is 12.4 Å². The van der Waals surface area contributed by atoms with Crippen molar-refractivity contribution in [3.63, 3.8) is 0 Å². The van der Waals surface area contributed by atoms with Gasteiger partial charge in [-0.3, -0.25) is 4.90 Å². The number of fused-ring (bicyclic) bond motifs is 1. The number of hydrogen-bond acceptors (Lipinski definition) is 4. The van der Waals surface area contributed by atoms with Crippen LogP contribution in [-0.2, 0) is 0 Å². The predicted molar refractivity (Wildman–Crippen MR) is 98.8 cm³/mol. The van der Waals surface area contributed by atoms with Gasteiger partial charge in [0, 0.05) is 51.3 Å². The lowest BCUT2D eigenvalue weighted by atomic mass is 9.96. The van der Waals surface area contributed by atoms with Crippen LogP contribution in [-0.4, -0.2) is 72.0 Å². The van der Waals surface area contributed by atoms with Gasteiger partial charge < -0.3 is 14.2 Å². The van der Waals surface area contributed by atoms with E-state index in [4.69, 9.17) is 0 Å². The highest BCUT2D eigenvalue weighted by Crippen LogP contribution is 2.24. The number of piperidine rings is 1. The van der Waals surface area contributed by atoms with Crippen molar-refractivity contribution in [2.45, 2.75) is 19.8 Å². The number of imidazole rings is 1. The topological polar surface area (TPSA) is 27.0 Å². The van der Waals surface area contributed by atoms with Gasteiger partial charge in [-0.2, -0.15) is 0 Å². The van der Waals surface area contributed by atoms with Gasteiger partial charge in [0.05, 0.1) is 5.69 Å². The van der Waals surface area contributed by atoms with Gasteiger partial charge in [0.25, 0.3) is 0 Å². The molecule has 2 aromatic rings. The summed E-state index contributed by atoms with van der Waals surface area (Å²) in [7, 11) is 2.24. The van der Waals surface area contributed by atoms with Gasteiger partial charge in [-0.1, -0.05) is 0 Å². The van der Waals surface area contributed by atoms with Gasteiger partial charge in [0.1, 0.15) is 5.65 Å². The third-order valence-corrected chi connectivity index (χ3v) is 5.78. The fourth-order valence-electron chi connectivity index (χ4n) is 4.16. The molecule has 5 nitrogen and oxygen atoms in total. The minimum Gasteiger partial charge on any atom is -0.368 e. The number of anilines is 1. The zero-order valence-corrected chi connectivity index (χ0v) is 15.0. The molecule has 0 N–H and O–H groups in total. The van der Waals surface area contributed by atoms with Crippen LogP contribution >= 0.6 is 0 Å². The number of pyridine rings is 1. The van der Waals surface area contributed by atoms with E-state index in [1.54, 1.807) is 0 Å². The maximum Gasteiger partial charge on any atom is 0.137 e. The van der Waals surface area contributed by atoms with Crippen LogP contribution in [0.5, 0.6) is 0 Å². The number of hydrogen-bond donors (Lipinski definition) is 0. The Morgan fingerprint density at radius 2 is 1.83 bits per heavy atom. The number of likely N-dealkylation sites (tertiary alicyclic amines) is 1. The summed E-state index contributed by atoms with van der Waals surface area (Å²) in [6.45, 7) is 10.7. The van der Waals surface area contributed by atoms with Gasteiger partial charge in [-0.05, 0) is 57.5 Å². The molecule has 2 aromatic heterocycles. The van der Waals surface area contributed by atoms with Crippen molar-refractivity contribution in [1.82, 2.24) is 19.2 Å². The molecule has 0 spiro atoms. The van der Waals surface area contributed by atoms with Crippen LogP contribution in [0.15, 0.2) is 24.7 Å². The lowest BCUT2D eigenvalue weighted by Crippen LogP contribution is -2.49. The molecule has 0 aliphatic carbocycles. The normalized spacial score (nSPS) is 21.7. The molecular formula is C19H29N5. The zero-order chi connectivity index (χ0) is 16.5. The van der Waals surface area contributed by atoms with E-state index in [0.29, 0.717) is 0 Å². The van der Waals surface area contributed by atoms with Crippen molar-refractivity contribution in [3.8, 4) is 0 Å². The third-order valence-electron chi connectivity index (χ3n) is 5.78. The van der Waals surface area contributed by atoms with Crippen molar-refractivity contribution >= 4 is 11.3 Å². The molecule has 0 saturated carbocycles. The summed E-state index contributed by atoms with van der Waals surface area (Å²) in [5, 5.41) is 0. The molecule has 0 unspecified atom stereocenters. The van der Waals surface area contributed by atoms with Crippen LogP contribution < -0.4 is 4.90 Å². The number of aryl methyl sites for hydroxylation is 1. The first-order valence-electron chi connectivity index (χ1n) is 9.28. The van der Waals surface area contributed by atoms with Gasteiger partial charge >= 0.3 is 0 Å². The van der Waals surface area contributed by atoms with Crippen LogP contribution in [0.1, 0.15) is 18.4 Å². The van der Waals surface area contributed by atoms with Crippen LogP contribution in [0.2, 0.25) is 0 Å². The summed E-state index contributed by atoms with van der Waals surface area (Å²) in [5.74, 6) is 0.900. The van der Waals surface area contributed by atoms with Crippen LogP contribution in [0, 0.1) is 12.8 Å². The van der Waals surface area contributed by atoms with Gasteiger partial charge in [-0.15, -0.1) is 0 Å². The van der Waals surface area contributed by atoms with Crippen molar-refractivity contribution in [2.24, 2.45) is 5.92 Å². The lowest BCUT2D eigenvalue weighted by molar-refractivity contribution is 0.155. The maximum atomic E-state index is 4.38. The molecule has 2 fully saturated rings. The minimum absolute atomic E-state index is 0.900. The van der Waals surface area contributed by atoms with E-state index in [0.717, 1.165) is 24.7 Å². The first-order valence-corrected chi connectivity index (χ1v) is 9.28. The van der Waals surface area contributed by atoms with Crippen LogP contribution in [0.3, 0.4) is 0 Å². The Bertz CT molecular complexity index is 678. The van der Waals surface area contributed by atoms with E-state index in [2.05, 4.69) is 50.3 Å². The highest BCUT2D eigenvalue weighted by atomic mass is 15.3. The van der Waals surface area contributed by atoms with Crippen molar-refractivity contribution in [3.05, 3.63) is 30.2 Å². The summed E-state index contributed by atoms with van der Waals surface area (Å²) in [6.07, 6.45) is 8.89.